The number of anilines is 1. The van der Waals surface area contributed by atoms with Crippen molar-refractivity contribution in [3.8, 4) is 11.6 Å². The number of nitrogens with two attached hydrogens (primary N) is 1. The molecule has 108 valence electrons. The lowest BCUT2D eigenvalue weighted by molar-refractivity contribution is 0.461. The number of ether oxygens (including phenoxy) is 1. The molecule has 0 aliphatic rings. The van der Waals surface area contributed by atoms with Crippen LogP contribution in [0.3, 0.4) is 0 Å². The van der Waals surface area contributed by atoms with E-state index in [0.29, 0.717) is 4.47 Å². The molecule has 0 radical (unpaired) electrons. The lowest BCUT2D eigenvalue weighted by atomic mass is 10.3. The average molecular weight is 389 g/mol. The second-order valence-electron chi connectivity index (χ2n) is 4.26. The van der Waals surface area contributed by atoms with Gasteiger partial charge in [0.2, 0.25) is 11.8 Å². The summed E-state index contributed by atoms with van der Waals surface area (Å²) < 4.78 is 19.8. The molecule has 0 bridgehead atoms. The van der Waals surface area contributed by atoms with Gasteiger partial charge in [-0.05, 0) is 35.0 Å². The van der Waals surface area contributed by atoms with Crippen molar-refractivity contribution in [2.75, 3.05) is 5.73 Å². The van der Waals surface area contributed by atoms with E-state index in [4.69, 9.17) is 22.1 Å². The molecule has 0 unspecified atom stereocenters. The van der Waals surface area contributed by atoms with E-state index >= 15 is 0 Å². The van der Waals surface area contributed by atoms with Gasteiger partial charge < -0.3 is 10.5 Å². The first-order chi connectivity index (χ1) is 9.94. The van der Waals surface area contributed by atoms with Gasteiger partial charge in [-0.1, -0.05) is 11.6 Å². The highest BCUT2D eigenvalue weighted by atomic mass is 79.9. The van der Waals surface area contributed by atoms with E-state index in [1.807, 2.05) is 13.0 Å². The van der Waals surface area contributed by atoms with Crippen LogP contribution in [0.25, 0.3) is 10.2 Å². The first-order valence-corrected chi connectivity index (χ1v) is 7.79. The summed E-state index contributed by atoms with van der Waals surface area (Å²) in [4.78, 5) is 10.0. The van der Waals surface area contributed by atoms with Gasteiger partial charge in [-0.25, -0.2) is 9.37 Å². The van der Waals surface area contributed by atoms with Crippen molar-refractivity contribution in [1.82, 2.24) is 9.97 Å². The van der Waals surface area contributed by atoms with E-state index in [9.17, 15) is 4.39 Å². The smallest absolute Gasteiger partial charge is 0.232 e. The number of hydrogen-bond acceptors (Lipinski definition) is 5. The third-order valence-corrected chi connectivity index (χ3v) is 4.53. The molecule has 0 aliphatic carbocycles. The van der Waals surface area contributed by atoms with Crippen LogP contribution in [0.2, 0.25) is 5.02 Å². The van der Waals surface area contributed by atoms with Gasteiger partial charge in [0.25, 0.3) is 0 Å². The van der Waals surface area contributed by atoms with Crippen molar-refractivity contribution in [3.63, 3.8) is 0 Å². The molecule has 0 atom stereocenters. The van der Waals surface area contributed by atoms with E-state index in [1.54, 1.807) is 0 Å². The Morgan fingerprint density at radius 1 is 1.33 bits per heavy atom. The van der Waals surface area contributed by atoms with Crippen LogP contribution in [0.1, 0.15) is 4.88 Å². The van der Waals surface area contributed by atoms with Gasteiger partial charge in [0.05, 0.1) is 14.9 Å². The number of fused-ring (bicyclic) bond motifs is 1. The van der Waals surface area contributed by atoms with E-state index in [1.165, 1.54) is 23.5 Å². The lowest BCUT2D eigenvalue weighted by Crippen LogP contribution is -1.98. The molecule has 2 aromatic heterocycles. The van der Waals surface area contributed by atoms with Gasteiger partial charge in [-0.15, -0.1) is 11.3 Å². The SMILES string of the molecule is Cc1cc2c(Oc3cc(F)c(Cl)cc3Br)nc(N)nc2s1. The van der Waals surface area contributed by atoms with Gasteiger partial charge in [-0.2, -0.15) is 4.98 Å². The number of thiophene rings is 1. The Hall–Kier alpha value is -1.44. The predicted octanol–water partition coefficient (Wildman–Crippen LogP) is 4.93. The Morgan fingerprint density at radius 3 is 2.86 bits per heavy atom. The largest absolute Gasteiger partial charge is 0.437 e. The fraction of sp³-hybridized carbons (Fsp3) is 0.0769. The molecule has 2 N–H and O–H groups in total. The maximum atomic E-state index is 13.6. The van der Waals surface area contributed by atoms with Gasteiger partial charge >= 0.3 is 0 Å². The summed E-state index contributed by atoms with van der Waals surface area (Å²) in [5, 5.41) is 0.738. The fourth-order valence-corrected chi connectivity index (χ4v) is 3.39. The van der Waals surface area contributed by atoms with Crippen molar-refractivity contribution in [2.24, 2.45) is 0 Å². The number of nitrogens with zero attached hydrogens (tertiary/aromatic N) is 2. The first kappa shape index (κ1) is 14.5. The van der Waals surface area contributed by atoms with Crippen LogP contribution in [0.15, 0.2) is 22.7 Å². The summed E-state index contributed by atoms with van der Waals surface area (Å²) in [6.07, 6.45) is 0. The van der Waals surface area contributed by atoms with Crippen LogP contribution in [0, 0.1) is 12.7 Å². The highest BCUT2D eigenvalue weighted by Crippen LogP contribution is 2.37. The Kier molecular flexibility index (Phi) is 3.73. The summed E-state index contributed by atoms with van der Waals surface area (Å²) in [5.74, 6) is 0.0731. The van der Waals surface area contributed by atoms with Gasteiger partial charge in [0, 0.05) is 10.9 Å². The van der Waals surface area contributed by atoms with E-state index in [0.717, 1.165) is 15.1 Å². The Labute approximate surface area is 136 Å². The van der Waals surface area contributed by atoms with E-state index < -0.39 is 5.82 Å². The standard InChI is InChI=1S/C13H8BrClFN3OS/c1-5-2-6-11(18-13(17)19-12(6)21-5)20-10-4-9(16)8(15)3-7(10)14/h2-4H,1H3,(H2,17,18,19). The van der Waals surface area contributed by atoms with Crippen molar-refractivity contribution >= 4 is 55.0 Å². The number of rotatable bonds is 2. The predicted molar refractivity (Wildman–Crippen MR) is 85.7 cm³/mol. The third kappa shape index (κ3) is 2.81. The molecule has 4 nitrogen and oxygen atoms in total. The number of nitrogen functional groups attached to an aromatic ring is 1. The molecule has 0 saturated heterocycles. The molecule has 2 heterocycles. The Morgan fingerprint density at radius 2 is 2.10 bits per heavy atom. The molecule has 3 aromatic rings. The van der Waals surface area contributed by atoms with Crippen molar-refractivity contribution < 1.29 is 9.13 Å². The van der Waals surface area contributed by atoms with Crippen molar-refractivity contribution in [2.45, 2.75) is 6.92 Å². The summed E-state index contributed by atoms with van der Waals surface area (Å²) in [6, 6.07) is 4.51. The zero-order chi connectivity index (χ0) is 15.1. The lowest BCUT2D eigenvalue weighted by Gasteiger charge is -2.09. The summed E-state index contributed by atoms with van der Waals surface area (Å²) in [5.41, 5.74) is 5.68. The fourth-order valence-electron chi connectivity index (χ4n) is 1.80. The summed E-state index contributed by atoms with van der Waals surface area (Å²) in [6.45, 7) is 1.95. The molecule has 0 spiro atoms. The summed E-state index contributed by atoms with van der Waals surface area (Å²) in [7, 11) is 0. The number of aromatic nitrogens is 2. The minimum Gasteiger partial charge on any atom is -0.437 e. The Bertz CT molecular complexity index is 855. The number of hydrogen-bond donors (Lipinski definition) is 1. The third-order valence-electron chi connectivity index (χ3n) is 2.68. The number of aryl methyl sites for hydroxylation is 1. The van der Waals surface area contributed by atoms with Crippen molar-refractivity contribution in [1.29, 1.82) is 0 Å². The first-order valence-electron chi connectivity index (χ1n) is 5.80. The molecule has 1 aromatic carbocycles. The average Bonchev–Trinajstić information content (AvgIpc) is 2.76. The summed E-state index contributed by atoms with van der Waals surface area (Å²) >= 11 is 10.5. The highest BCUT2D eigenvalue weighted by molar-refractivity contribution is 9.10. The van der Waals surface area contributed by atoms with Crippen molar-refractivity contribution in [3.05, 3.63) is 38.4 Å². The van der Waals surface area contributed by atoms with Gasteiger partial charge in [0.1, 0.15) is 16.4 Å². The quantitative estimate of drug-likeness (QED) is 0.632. The van der Waals surface area contributed by atoms with Crippen LogP contribution >= 0.6 is 38.9 Å². The second-order valence-corrected chi connectivity index (χ2v) is 6.76. The molecular weight excluding hydrogens is 381 g/mol. The zero-order valence-corrected chi connectivity index (χ0v) is 13.8. The monoisotopic (exact) mass is 387 g/mol. The zero-order valence-electron chi connectivity index (χ0n) is 10.7. The topological polar surface area (TPSA) is 61.0 Å². The highest BCUT2D eigenvalue weighted by Gasteiger charge is 2.14. The van der Waals surface area contributed by atoms with Gasteiger partial charge in [-0.3, -0.25) is 0 Å². The molecular formula is C13H8BrClFN3OS. The van der Waals surface area contributed by atoms with Crippen LogP contribution in [-0.2, 0) is 0 Å². The van der Waals surface area contributed by atoms with Crippen LogP contribution in [-0.4, -0.2) is 9.97 Å². The minimum atomic E-state index is -0.574. The minimum absolute atomic E-state index is 0.00736. The molecule has 8 heteroatoms. The number of benzene rings is 1. The van der Waals surface area contributed by atoms with E-state index in [2.05, 4.69) is 25.9 Å². The molecule has 21 heavy (non-hydrogen) atoms. The van der Waals surface area contributed by atoms with E-state index in [-0.39, 0.29) is 22.6 Å². The number of halogens is 3. The Balaban J connectivity index is 2.11. The molecule has 3 rings (SSSR count). The van der Waals surface area contributed by atoms with Crippen LogP contribution in [0.5, 0.6) is 11.6 Å². The molecule has 0 fully saturated rings. The molecule has 0 saturated carbocycles. The van der Waals surface area contributed by atoms with Crippen LogP contribution in [0.4, 0.5) is 10.3 Å². The second kappa shape index (κ2) is 5.40. The normalized spacial score (nSPS) is 11.0. The maximum Gasteiger partial charge on any atom is 0.232 e. The van der Waals surface area contributed by atoms with Crippen LogP contribution < -0.4 is 10.5 Å². The maximum absolute atomic E-state index is 13.6. The molecule has 0 amide bonds. The van der Waals surface area contributed by atoms with Gasteiger partial charge in [0.15, 0.2) is 0 Å². The molecule has 0 aliphatic heterocycles.